The minimum absolute atomic E-state index is 0.573. The Morgan fingerprint density at radius 3 is 2.60 bits per heavy atom. The Morgan fingerprint density at radius 1 is 1.33 bits per heavy atom. The molecule has 0 bridgehead atoms. The lowest BCUT2D eigenvalue weighted by atomic mass is 10.1. The molecule has 1 N–H and O–H groups in total. The zero-order valence-corrected chi connectivity index (χ0v) is 11.5. The maximum absolute atomic E-state index is 6.03. The van der Waals surface area contributed by atoms with Crippen molar-refractivity contribution < 1.29 is 0 Å². The third-order valence-electron chi connectivity index (χ3n) is 2.15. The second kappa shape index (κ2) is 6.74. The molecule has 1 rings (SSSR count). The molecule has 0 aliphatic carbocycles. The number of thiophene rings is 1. The summed E-state index contributed by atoms with van der Waals surface area (Å²) < 4.78 is 1.63. The van der Waals surface area contributed by atoms with Crippen molar-refractivity contribution in [1.29, 1.82) is 0 Å². The van der Waals surface area contributed by atoms with Crippen LogP contribution in [0.5, 0.6) is 0 Å². The molecule has 1 aromatic rings. The van der Waals surface area contributed by atoms with Gasteiger partial charge in [-0.3, -0.25) is 0 Å². The molecule has 0 amide bonds. The quantitative estimate of drug-likeness (QED) is 0.753. The van der Waals surface area contributed by atoms with Crippen LogP contribution in [-0.2, 0) is 6.42 Å². The van der Waals surface area contributed by atoms with Gasteiger partial charge in [-0.15, -0.1) is 11.3 Å². The van der Waals surface area contributed by atoms with E-state index in [0.29, 0.717) is 6.04 Å². The summed E-state index contributed by atoms with van der Waals surface area (Å²) >= 11 is 13.3. The molecule has 0 aliphatic rings. The third-order valence-corrected chi connectivity index (χ3v) is 3.72. The Balaban J connectivity index is 2.17. The molecule has 1 heterocycles. The van der Waals surface area contributed by atoms with E-state index < -0.39 is 0 Å². The third kappa shape index (κ3) is 5.21. The van der Waals surface area contributed by atoms with E-state index in [4.69, 9.17) is 23.2 Å². The number of aryl methyl sites for hydroxylation is 1. The lowest BCUT2D eigenvalue weighted by Crippen LogP contribution is -2.23. The van der Waals surface area contributed by atoms with Gasteiger partial charge in [-0.1, -0.05) is 37.0 Å². The average Bonchev–Trinajstić information content (AvgIpc) is 2.44. The first kappa shape index (κ1) is 13.3. The summed E-state index contributed by atoms with van der Waals surface area (Å²) in [5.74, 6) is 0. The highest BCUT2D eigenvalue weighted by molar-refractivity contribution is 7.20. The first-order valence-electron chi connectivity index (χ1n) is 5.26. The minimum Gasteiger partial charge on any atom is -0.315 e. The minimum atomic E-state index is 0.573. The molecule has 0 spiro atoms. The van der Waals surface area contributed by atoms with Crippen LogP contribution < -0.4 is 5.32 Å². The molecule has 4 heteroatoms. The summed E-state index contributed by atoms with van der Waals surface area (Å²) in [5.41, 5.74) is 1.19. The molecule has 0 saturated heterocycles. The molecular weight excluding hydrogens is 249 g/mol. The number of hydrogen-bond donors (Lipinski definition) is 1. The molecule has 0 aromatic carbocycles. The smallest absolute Gasteiger partial charge is 0.0976 e. The zero-order valence-electron chi connectivity index (χ0n) is 9.15. The van der Waals surface area contributed by atoms with Crippen molar-refractivity contribution in [3.05, 3.63) is 20.3 Å². The summed E-state index contributed by atoms with van der Waals surface area (Å²) in [5, 5.41) is 3.40. The van der Waals surface area contributed by atoms with E-state index in [1.165, 1.54) is 23.3 Å². The Hall–Kier alpha value is 0.240. The van der Waals surface area contributed by atoms with Crippen molar-refractivity contribution in [1.82, 2.24) is 5.32 Å². The average molecular weight is 266 g/mol. The molecule has 15 heavy (non-hydrogen) atoms. The van der Waals surface area contributed by atoms with Gasteiger partial charge in [0.1, 0.15) is 0 Å². The van der Waals surface area contributed by atoms with Crippen LogP contribution in [0, 0.1) is 0 Å². The van der Waals surface area contributed by atoms with Gasteiger partial charge in [-0.05, 0) is 37.4 Å². The molecule has 0 saturated carbocycles. The molecule has 86 valence electrons. The van der Waals surface area contributed by atoms with Crippen LogP contribution in [0.15, 0.2) is 6.07 Å². The predicted octanol–water partition coefficient (Wildman–Crippen LogP) is 4.38. The largest absolute Gasteiger partial charge is 0.315 e. The summed E-state index contributed by atoms with van der Waals surface area (Å²) in [6, 6.07) is 2.55. The summed E-state index contributed by atoms with van der Waals surface area (Å²) in [6.07, 6.45) is 3.37. The van der Waals surface area contributed by atoms with E-state index in [2.05, 4.69) is 19.2 Å². The van der Waals surface area contributed by atoms with Crippen molar-refractivity contribution in [3.63, 3.8) is 0 Å². The monoisotopic (exact) mass is 265 g/mol. The van der Waals surface area contributed by atoms with Gasteiger partial charge in [-0.2, -0.15) is 0 Å². The summed E-state index contributed by atoms with van der Waals surface area (Å²) in [4.78, 5) is 0. The maximum Gasteiger partial charge on any atom is 0.0976 e. The van der Waals surface area contributed by atoms with Crippen molar-refractivity contribution in [2.75, 3.05) is 6.54 Å². The number of hydrogen-bond acceptors (Lipinski definition) is 2. The van der Waals surface area contributed by atoms with Crippen molar-refractivity contribution in [3.8, 4) is 0 Å². The van der Waals surface area contributed by atoms with Gasteiger partial charge in [-0.25, -0.2) is 0 Å². The molecular formula is C11H17Cl2NS. The first-order chi connectivity index (χ1) is 7.09. The molecule has 0 radical (unpaired) electrons. The second-order valence-corrected chi connectivity index (χ2v) is 6.20. The van der Waals surface area contributed by atoms with Crippen molar-refractivity contribution >= 4 is 34.5 Å². The zero-order chi connectivity index (χ0) is 11.3. The van der Waals surface area contributed by atoms with Gasteiger partial charge in [0.25, 0.3) is 0 Å². The highest BCUT2D eigenvalue weighted by Gasteiger charge is 2.05. The van der Waals surface area contributed by atoms with E-state index in [9.17, 15) is 0 Å². The van der Waals surface area contributed by atoms with E-state index in [1.54, 1.807) is 0 Å². The van der Waals surface area contributed by atoms with Gasteiger partial charge < -0.3 is 5.32 Å². The lowest BCUT2D eigenvalue weighted by molar-refractivity contribution is 0.558. The number of unbranched alkanes of at least 4 members (excludes halogenated alkanes) is 1. The van der Waals surface area contributed by atoms with Gasteiger partial charge in [0.15, 0.2) is 0 Å². The predicted molar refractivity (Wildman–Crippen MR) is 70.4 cm³/mol. The number of nitrogens with one attached hydrogen (secondary N) is 1. The summed E-state index contributed by atoms with van der Waals surface area (Å²) in [6.45, 7) is 5.40. The van der Waals surface area contributed by atoms with Crippen molar-refractivity contribution in [2.45, 2.75) is 39.2 Å². The van der Waals surface area contributed by atoms with Crippen LogP contribution in [0.25, 0.3) is 0 Å². The van der Waals surface area contributed by atoms with E-state index in [1.807, 2.05) is 6.07 Å². The molecule has 1 aromatic heterocycles. The van der Waals surface area contributed by atoms with E-state index in [-0.39, 0.29) is 0 Å². The maximum atomic E-state index is 6.03. The Morgan fingerprint density at radius 2 is 2.07 bits per heavy atom. The summed E-state index contributed by atoms with van der Waals surface area (Å²) in [7, 11) is 0. The normalized spacial score (nSPS) is 11.3. The highest BCUT2D eigenvalue weighted by atomic mass is 35.5. The fourth-order valence-corrected chi connectivity index (χ4v) is 2.92. The first-order valence-corrected chi connectivity index (χ1v) is 6.84. The molecule has 0 unspecified atom stereocenters. The second-order valence-electron chi connectivity index (χ2n) is 3.92. The SMILES string of the molecule is CC(C)NCCCCc1cc(Cl)sc1Cl. The van der Waals surface area contributed by atoms with Gasteiger partial charge in [0.2, 0.25) is 0 Å². The Kier molecular flexibility index (Phi) is 5.98. The molecule has 0 atom stereocenters. The molecule has 1 nitrogen and oxygen atoms in total. The van der Waals surface area contributed by atoms with Crippen LogP contribution in [0.3, 0.4) is 0 Å². The van der Waals surface area contributed by atoms with Crippen LogP contribution in [-0.4, -0.2) is 12.6 Å². The fraction of sp³-hybridized carbons (Fsp3) is 0.636. The topological polar surface area (TPSA) is 12.0 Å². The molecule has 0 aliphatic heterocycles. The van der Waals surface area contributed by atoms with Crippen LogP contribution in [0.2, 0.25) is 8.67 Å². The van der Waals surface area contributed by atoms with Gasteiger partial charge in [0.05, 0.1) is 8.67 Å². The van der Waals surface area contributed by atoms with Gasteiger partial charge >= 0.3 is 0 Å². The van der Waals surface area contributed by atoms with E-state index >= 15 is 0 Å². The number of halogens is 2. The van der Waals surface area contributed by atoms with Crippen LogP contribution >= 0.6 is 34.5 Å². The fourth-order valence-electron chi connectivity index (χ4n) is 1.38. The van der Waals surface area contributed by atoms with Crippen molar-refractivity contribution in [2.24, 2.45) is 0 Å². The van der Waals surface area contributed by atoms with Crippen LogP contribution in [0.1, 0.15) is 32.3 Å². The van der Waals surface area contributed by atoms with E-state index in [0.717, 1.165) is 28.1 Å². The Bertz CT molecular complexity index is 297. The highest BCUT2D eigenvalue weighted by Crippen LogP contribution is 2.31. The molecule has 0 fully saturated rings. The number of rotatable bonds is 6. The van der Waals surface area contributed by atoms with Crippen LogP contribution in [0.4, 0.5) is 0 Å². The lowest BCUT2D eigenvalue weighted by Gasteiger charge is -2.06. The van der Waals surface area contributed by atoms with Gasteiger partial charge in [0, 0.05) is 6.04 Å². The Labute approximate surface area is 106 Å². The standard InChI is InChI=1S/C11H17Cl2NS/c1-8(2)14-6-4-3-5-9-7-10(12)15-11(9)13/h7-8,14H,3-6H2,1-2H3.